The van der Waals surface area contributed by atoms with Gasteiger partial charge in [0.1, 0.15) is 0 Å². The smallest absolute Gasteiger partial charge is 0.324 e. The Balaban J connectivity index is 1.90. The number of anilines is 2. The molecule has 7 heteroatoms. The van der Waals surface area contributed by atoms with Gasteiger partial charge in [0, 0.05) is 35.1 Å². The Morgan fingerprint density at radius 3 is 2.86 bits per heavy atom. The highest BCUT2D eigenvalue weighted by atomic mass is 32.2. The molecule has 1 heterocycles. The van der Waals surface area contributed by atoms with Crippen molar-refractivity contribution in [2.45, 2.75) is 5.75 Å². The molecule has 2 amide bonds. The van der Waals surface area contributed by atoms with Crippen molar-refractivity contribution in [1.82, 2.24) is 0 Å². The number of hydrogen-bond acceptors (Lipinski definition) is 4. The molecular formula is C15H18N2O3S2. The highest BCUT2D eigenvalue weighted by molar-refractivity contribution is 7.84. The van der Waals surface area contributed by atoms with Gasteiger partial charge in [0.15, 0.2) is 0 Å². The summed E-state index contributed by atoms with van der Waals surface area (Å²) in [5.41, 5.74) is 1.60. The zero-order valence-electron chi connectivity index (χ0n) is 12.2. The highest BCUT2D eigenvalue weighted by Gasteiger charge is 2.06. The Labute approximate surface area is 136 Å². The van der Waals surface area contributed by atoms with Gasteiger partial charge in [0.05, 0.1) is 11.6 Å². The molecule has 0 spiro atoms. The van der Waals surface area contributed by atoms with Crippen LogP contribution in [0.2, 0.25) is 0 Å². The molecule has 0 unspecified atom stereocenters. The Kier molecular flexibility index (Phi) is 6.57. The molecule has 118 valence electrons. The molecule has 0 bridgehead atoms. The van der Waals surface area contributed by atoms with Crippen LogP contribution in [0.25, 0.3) is 0 Å². The third kappa shape index (κ3) is 5.59. The Hall–Kier alpha value is -1.70. The molecule has 0 saturated heterocycles. The van der Waals surface area contributed by atoms with Crippen LogP contribution in [0.4, 0.5) is 15.5 Å². The van der Waals surface area contributed by atoms with Gasteiger partial charge in [-0.1, -0.05) is 12.1 Å². The summed E-state index contributed by atoms with van der Waals surface area (Å²) in [4.78, 5) is 11.9. The first-order valence-electron chi connectivity index (χ1n) is 6.72. The van der Waals surface area contributed by atoms with E-state index in [9.17, 15) is 9.00 Å². The molecule has 1 aromatic carbocycles. The summed E-state index contributed by atoms with van der Waals surface area (Å²) in [6, 6.07) is 10.8. The second-order valence-corrected chi connectivity index (χ2v) is 7.06. The number of hydrogen-bond donors (Lipinski definition) is 2. The van der Waals surface area contributed by atoms with Gasteiger partial charge in [-0.2, -0.15) is 0 Å². The van der Waals surface area contributed by atoms with E-state index in [2.05, 4.69) is 10.6 Å². The monoisotopic (exact) mass is 338 g/mol. The number of urea groups is 1. The number of carbonyl (C=O) groups is 1. The van der Waals surface area contributed by atoms with Gasteiger partial charge in [0.2, 0.25) is 0 Å². The van der Waals surface area contributed by atoms with Crippen molar-refractivity contribution in [2.24, 2.45) is 0 Å². The minimum Gasteiger partial charge on any atom is -0.384 e. The van der Waals surface area contributed by atoms with E-state index in [1.54, 1.807) is 13.2 Å². The molecule has 0 aliphatic rings. The number of benzene rings is 1. The van der Waals surface area contributed by atoms with Crippen molar-refractivity contribution in [3.05, 3.63) is 47.3 Å². The van der Waals surface area contributed by atoms with Crippen LogP contribution in [-0.4, -0.2) is 29.7 Å². The Morgan fingerprint density at radius 1 is 1.27 bits per heavy atom. The summed E-state index contributed by atoms with van der Waals surface area (Å²) in [6.07, 6.45) is 0. The number of carbonyl (C=O) groups excluding carboxylic acids is 1. The van der Waals surface area contributed by atoms with Gasteiger partial charge in [0.25, 0.3) is 0 Å². The second-order valence-electron chi connectivity index (χ2n) is 4.54. The molecule has 0 saturated carbocycles. The molecule has 0 radical (unpaired) electrons. The quantitative estimate of drug-likeness (QED) is 0.814. The first-order valence-corrected chi connectivity index (χ1v) is 9.08. The minimum absolute atomic E-state index is 0.292. The van der Waals surface area contributed by atoms with Crippen molar-refractivity contribution in [2.75, 3.05) is 30.1 Å². The van der Waals surface area contributed by atoms with Crippen molar-refractivity contribution < 1.29 is 13.7 Å². The molecule has 0 aliphatic carbocycles. The van der Waals surface area contributed by atoms with Gasteiger partial charge in [-0.25, -0.2) is 4.79 Å². The van der Waals surface area contributed by atoms with Gasteiger partial charge in [-0.3, -0.25) is 9.53 Å². The molecular weight excluding hydrogens is 320 g/mol. The van der Waals surface area contributed by atoms with Crippen molar-refractivity contribution in [3.63, 3.8) is 0 Å². The highest BCUT2D eigenvalue weighted by Crippen LogP contribution is 2.16. The molecule has 2 rings (SSSR count). The Morgan fingerprint density at radius 2 is 2.14 bits per heavy atom. The zero-order chi connectivity index (χ0) is 15.8. The second kappa shape index (κ2) is 8.67. The van der Waals surface area contributed by atoms with Crippen molar-refractivity contribution in [1.29, 1.82) is 0 Å². The standard InChI is InChI=1S/C15H18N2O3S2/c1-20-7-9-22(19)11-12-4-2-5-13(10-12)16-15(18)17-14-6-3-8-21-14/h2-6,8,10H,7,9,11H2,1H3,(H2,16,17,18)/t22-/m1/s1. The van der Waals surface area contributed by atoms with E-state index in [-0.39, 0.29) is 6.03 Å². The van der Waals surface area contributed by atoms with Crippen molar-refractivity contribution >= 4 is 38.9 Å². The summed E-state index contributed by atoms with van der Waals surface area (Å²) >= 11 is 1.46. The normalized spacial score (nSPS) is 11.9. The topological polar surface area (TPSA) is 67.4 Å². The fourth-order valence-corrected chi connectivity index (χ4v) is 3.46. The maximum absolute atomic E-state index is 11.9. The number of amides is 2. The Bertz CT molecular complexity index is 629. The molecule has 2 N–H and O–H groups in total. The van der Waals surface area contributed by atoms with Crippen LogP contribution in [0.1, 0.15) is 5.56 Å². The average molecular weight is 338 g/mol. The fourth-order valence-electron chi connectivity index (χ4n) is 1.80. The SMILES string of the molecule is COCC[S@@](=O)Cc1cccc(NC(=O)Nc2cccs2)c1. The zero-order valence-corrected chi connectivity index (χ0v) is 13.8. The van der Waals surface area contributed by atoms with Gasteiger partial charge in [-0.15, -0.1) is 11.3 Å². The van der Waals surface area contributed by atoms with E-state index >= 15 is 0 Å². The van der Waals surface area contributed by atoms with E-state index in [4.69, 9.17) is 4.74 Å². The van der Waals surface area contributed by atoms with Gasteiger partial charge in [-0.05, 0) is 35.2 Å². The lowest BCUT2D eigenvalue weighted by atomic mass is 10.2. The number of rotatable bonds is 7. The summed E-state index contributed by atoms with van der Waals surface area (Å²) in [7, 11) is 0.622. The maximum Gasteiger partial charge on any atom is 0.324 e. The number of nitrogens with one attached hydrogen (secondary N) is 2. The lowest BCUT2D eigenvalue weighted by Crippen LogP contribution is -2.18. The van der Waals surface area contributed by atoms with E-state index in [0.29, 0.717) is 23.8 Å². The van der Waals surface area contributed by atoms with Gasteiger partial charge < -0.3 is 10.1 Å². The third-order valence-corrected chi connectivity index (χ3v) is 4.85. The summed E-state index contributed by atoms with van der Waals surface area (Å²) in [6.45, 7) is 0.480. The van der Waals surface area contributed by atoms with Crippen LogP contribution in [-0.2, 0) is 21.3 Å². The first kappa shape index (κ1) is 16.7. The van der Waals surface area contributed by atoms with Crippen LogP contribution < -0.4 is 10.6 Å². The summed E-state index contributed by atoms with van der Waals surface area (Å²) in [5.74, 6) is 0.957. The van der Waals surface area contributed by atoms with Crippen molar-refractivity contribution in [3.8, 4) is 0 Å². The number of methoxy groups -OCH3 is 1. The van der Waals surface area contributed by atoms with Crippen LogP contribution >= 0.6 is 11.3 Å². The molecule has 1 aromatic heterocycles. The average Bonchev–Trinajstić information content (AvgIpc) is 2.98. The molecule has 5 nitrogen and oxygen atoms in total. The van der Waals surface area contributed by atoms with Crippen LogP contribution in [0, 0.1) is 0 Å². The lowest BCUT2D eigenvalue weighted by Gasteiger charge is -2.08. The van der Waals surface area contributed by atoms with E-state index in [1.165, 1.54) is 11.3 Å². The van der Waals surface area contributed by atoms with Crippen LogP contribution in [0.3, 0.4) is 0 Å². The molecule has 1 atom stereocenters. The number of thiophene rings is 1. The van der Waals surface area contributed by atoms with Crippen LogP contribution in [0.5, 0.6) is 0 Å². The van der Waals surface area contributed by atoms with E-state index in [0.717, 1.165) is 10.6 Å². The lowest BCUT2D eigenvalue weighted by molar-refractivity contribution is 0.218. The largest absolute Gasteiger partial charge is 0.384 e. The molecule has 0 fully saturated rings. The summed E-state index contributed by atoms with van der Waals surface area (Å²) < 4.78 is 16.8. The predicted molar refractivity (Wildman–Crippen MR) is 92.0 cm³/mol. The molecule has 2 aromatic rings. The van der Waals surface area contributed by atoms with Gasteiger partial charge >= 0.3 is 6.03 Å². The maximum atomic E-state index is 11.9. The minimum atomic E-state index is -0.970. The molecule has 0 aliphatic heterocycles. The fraction of sp³-hybridized carbons (Fsp3) is 0.267. The van der Waals surface area contributed by atoms with Crippen LogP contribution in [0.15, 0.2) is 41.8 Å². The first-order chi connectivity index (χ1) is 10.7. The number of ether oxygens (including phenoxy) is 1. The third-order valence-electron chi connectivity index (χ3n) is 2.79. The predicted octanol–water partition coefficient (Wildman–Crippen LogP) is 3.29. The molecule has 22 heavy (non-hydrogen) atoms. The van der Waals surface area contributed by atoms with E-state index < -0.39 is 10.8 Å². The van der Waals surface area contributed by atoms with E-state index in [1.807, 2.05) is 35.7 Å². The summed E-state index contributed by atoms with van der Waals surface area (Å²) in [5, 5.41) is 8.20.